The Balaban J connectivity index is 1.53. The molecule has 0 bridgehead atoms. The monoisotopic (exact) mass is 398 g/mol. The summed E-state index contributed by atoms with van der Waals surface area (Å²) in [6.07, 6.45) is 2.12. The molecule has 3 N–H and O–H groups in total. The molecule has 28 heavy (non-hydrogen) atoms. The zero-order valence-corrected chi connectivity index (χ0v) is 15.8. The van der Waals surface area contributed by atoms with E-state index in [9.17, 15) is 14.4 Å². The summed E-state index contributed by atoms with van der Waals surface area (Å²) in [4.78, 5) is 42.6. The number of carbonyl (C=O) groups is 2. The summed E-state index contributed by atoms with van der Waals surface area (Å²) in [7, 11) is 1.56. The van der Waals surface area contributed by atoms with E-state index in [1.54, 1.807) is 42.8 Å². The first-order chi connectivity index (χ1) is 13.5. The number of nitrogens with one attached hydrogen (secondary N) is 3. The molecular formula is C19H18N4O4S. The molecule has 9 heteroatoms. The second-order valence-electron chi connectivity index (χ2n) is 5.79. The van der Waals surface area contributed by atoms with E-state index in [4.69, 9.17) is 4.74 Å². The van der Waals surface area contributed by atoms with E-state index in [0.29, 0.717) is 28.7 Å². The number of aromatic amines is 1. The SMILES string of the molecule is COc1cccc(NC(=O)CCc2csc(NC(=O)c3ccc[nH]c3=O)n2)c1. The van der Waals surface area contributed by atoms with Crippen LogP contribution in [-0.2, 0) is 11.2 Å². The molecule has 0 unspecified atom stereocenters. The highest BCUT2D eigenvalue weighted by Gasteiger charge is 2.13. The van der Waals surface area contributed by atoms with E-state index in [1.807, 2.05) is 0 Å². The molecule has 0 radical (unpaired) electrons. The van der Waals surface area contributed by atoms with Gasteiger partial charge in [0, 0.05) is 29.8 Å². The van der Waals surface area contributed by atoms with Gasteiger partial charge in [-0.25, -0.2) is 4.98 Å². The number of hydrogen-bond donors (Lipinski definition) is 3. The lowest BCUT2D eigenvalue weighted by molar-refractivity contribution is -0.116. The lowest BCUT2D eigenvalue weighted by atomic mass is 10.2. The van der Waals surface area contributed by atoms with Crippen molar-refractivity contribution in [2.45, 2.75) is 12.8 Å². The molecule has 0 saturated heterocycles. The number of benzene rings is 1. The molecule has 0 aliphatic heterocycles. The minimum absolute atomic E-state index is 0.0110. The van der Waals surface area contributed by atoms with E-state index in [1.165, 1.54) is 23.6 Å². The van der Waals surface area contributed by atoms with E-state index in [-0.39, 0.29) is 17.9 Å². The zero-order valence-electron chi connectivity index (χ0n) is 15.0. The van der Waals surface area contributed by atoms with E-state index < -0.39 is 11.5 Å². The van der Waals surface area contributed by atoms with Crippen LogP contribution in [0, 0.1) is 0 Å². The van der Waals surface area contributed by atoms with Crippen molar-refractivity contribution in [3.8, 4) is 5.75 Å². The number of hydrogen-bond acceptors (Lipinski definition) is 6. The molecule has 0 saturated carbocycles. The highest BCUT2D eigenvalue weighted by atomic mass is 32.1. The lowest BCUT2D eigenvalue weighted by Gasteiger charge is -2.06. The van der Waals surface area contributed by atoms with Gasteiger partial charge in [0.1, 0.15) is 11.3 Å². The van der Waals surface area contributed by atoms with Crippen LogP contribution < -0.4 is 20.9 Å². The smallest absolute Gasteiger partial charge is 0.263 e. The van der Waals surface area contributed by atoms with Gasteiger partial charge in [0.05, 0.1) is 12.8 Å². The normalized spacial score (nSPS) is 10.3. The highest BCUT2D eigenvalue weighted by Crippen LogP contribution is 2.19. The first-order valence-corrected chi connectivity index (χ1v) is 9.30. The van der Waals surface area contributed by atoms with Crippen molar-refractivity contribution in [2.24, 2.45) is 0 Å². The fourth-order valence-electron chi connectivity index (χ4n) is 2.41. The summed E-state index contributed by atoms with van der Waals surface area (Å²) < 4.78 is 5.12. The van der Waals surface area contributed by atoms with Crippen LogP contribution in [-0.4, -0.2) is 28.9 Å². The number of anilines is 2. The van der Waals surface area contributed by atoms with E-state index in [0.717, 1.165) is 0 Å². The van der Waals surface area contributed by atoms with Crippen molar-refractivity contribution in [2.75, 3.05) is 17.7 Å². The molecule has 0 aliphatic rings. The first kappa shape index (κ1) is 19.3. The van der Waals surface area contributed by atoms with E-state index in [2.05, 4.69) is 20.6 Å². The Morgan fingerprint density at radius 2 is 2.07 bits per heavy atom. The van der Waals surface area contributed by atoms with Gasteiger partial charge >= 0.3 is 0 Å². The fourth-order valence-corrected chi connectivity index (χ4v) is 3.15. The average molecular weight is 398 g/mol. The molecule has 3 rings (SSSR count). The third-order valence-corrected chi connectivity index (χ3v) is 4.60. The molecule has 0 fully saturated rings. The Labute approximate surface area is 164 Å². The molecule has 2 heterocycles. The van der Waals surface area contributed by atoms with Crippen molar-refractivity contribution < 1.29 is 14.3 Å². The van der Waals surface area contributed by atoms with Crippen LogP contribution in [0.5, 0.6) is 5.75 Å². The number of thiazole rings is 1. The van der Waals surface area contributed by atoms with Crippen LogP contribution in [0.3, 0.4) is 0 Å². The van der Waals surface area contributed by atoms with Gasteiger partial charge in [0.2, 0.25) is 5.91 Å². The van der Waals surface area contributed by atoms with Crippen molar-refractivity contribution in [1.29, 1.82) is 0 Å². The number of ether oxygens (including phenoxy) is 1. The Bertz CT molecular complexity index is 1040. The van der Waals surface area contributed by atoms with Gasteiger partial charge in [0.25, 0.3) is 11.5 Å². The third kappa shape index (κ3) is 5.04. The molecule has 3 aromatic rings. The number of H-pyrrole nitrogens is 1. The van der Waals surface area contributed by atoms with Gasteiger partial charge in [-0.1, -0.05) is 6.07 Å². The second-order valence-corrected chi connectivity index (χ2v) is 6.65. The molecule has 0 spiro atoms. The largest absolute Gasteiger partial charge is 0.497 e. The Morgan fingerprint density at radius 1 is 1.21 bits per heavy atom. The number of pyridine rings is 1. The van der Waals surface area contributed by atoms with Crippen molar-refractivity contribution >= 4 is 34.0 Å². The van der Waals surface area contributed by atoms with Crippen molar-refractivity contribution in [3.05, 3.63) is 69.6 Å². The maximum absolute atomic E-state index is 12.1. The predicted molar refractivity (Wildman–Crippen MR) is 107 cm³/mol. The van der Waals surface area contributed by atoms with Gasteiger partial charge in [-0.05, 0) is 30.7 Å². The lowest BCUT2D eigenvalue weighted by Crippen LogP contribution is -2.22. The molecule has 144 valence electrons. The number of aromatic nitrogens is 2. The first-order valence-electron chi connectivity index (χ1n) is 8.42. The summed E-state index contributed by atoms with van der Waals surface area (Å²) in [6, 6.07) is 10.1. The maximum atomic E-state index is 12.1. The Morgan fingerprint density at radius 3 is 2.86 bits per heavy atom. The number of amides is 2. The number of rotatable bonds is 7. The number of methoxy groups -OCH3 is 1. The highest BCUT2D eigenvalue weighted by molar-refractivity contribution is 7.14. The van der Waals surface area contributed by atoms with Crippen LogP contribution in [0.2, 0.25) is 0 Å². The fraction of sp³-hybridized carbons (Fsp3) is 0.158. The quantitative estimate of drug-likeness (QED) is 0.566. The minimum atomic E-state index is -0.529. The maximum Gasteiger partial charge on any atom is 0.263 e. The summed E-state index contributed by atoms with van der Waals surface area (Å²) in [6.45, 7) is 0. The molecule has 1 aromatic carbocycles. The molecule has 2 aromatic heterocycles. The van der Waals surface area contributed by atoms with Crippen LogP contribution in [0.1, 0.15) is 22.5 Å². The number of nitrogens with zero attached hydrogens (tertiary/aromatic N) is 1. The molecule has 2 amide bonds. The van der Waals surface area contributed by atoms with Gasteiger partial charge in [-0.15, -0.1) is 11.3 Å². The number of aryl methyl sites for hydroxylation is 1. The summed E-state index contributed by atoms with van der Waals surface area (Å²) in [5, 5.41) is 7.54. The Kier molecular flexibility index (Phi) is 6.18. The molecule has 0 atom stereocenters. The number of carbonyl (C=O) groups excluding carboxylic acids is 2. The second kappa shape index (κ2) is 8.96. The predicted octanol–water partition coefficient (Wildman–Crippen LogP) is 2.66. The summed E-state index contributed by atoms with van der Waals surface area (Å²) in [5.41, 5.74) is 0.884. The van der Waals surface area contributed by atoms with Gasteiger partial charge < -0.3 is 15.0 Å². The molecule has 8 nitrogen and oxygen atoms in total. The average Bonchev–Trinajstić information content (AvgIpc) is 3.14. The third-order valence-electron chi connectivity index (χ3n) is 3.80. The topological polar surface area (TPSA) is 113 Å². The van der Waals surface area contributed by atoms with Gasteiger partial charge in [-0.2, -0.15) is 0 Å². The van der Waals surface area contributed by atoms with Crippen molar-refractivity contribution in [3.63, 3.8) is 0 Å². The zero-order chi connectivity index (χ0) is 19.9. The van der Waals surface area contributed by atoms with Crippen LogP contribution in [0.15, 0.2) is 52.8 Å². The van der Waals surface area contributed by atoms with Gasteiger partial charge in [-0.3, -0.25) is 19.7 Å². The Hall–Kier alpha value is -3.46. The van der Waals surface area contributed by atoms with Crippen LogP contribution in [0.4, 0.5) is 10.8 Å². The van der Waals surface area contributed by atoms with E-state index >= 15 is 0 Å². The summed E-state index contributed by atoms with van der Waals surface area (Å²) in [5.74, 6) is -0.0175. The van der Waals surface area contributed by atoms with Crippen LogP contribution >= 0.6 is 11.3 Å². The molecule has 0 aliphatic carbocycles. The van der Waals surface area contributed by atoms with Crippen molar-refractivity contribution in [1.82, 2.24) is 9.97 Å². The molecular weight excluding hydrogens is 380 g/mol. The van der Waals surface area contributed by atoms with Gasteiger partial charge in [0.15, 0.2) is 5.13 Å². The standard InChI is InChI=1S/C19H18N4O4S/c1-27-14-5-2-4-12(10-14)21-16(24)8-7-13-11-28-19(22-13)23-18(26)15-6-3-9-20-17(15)25/h2-6,9-11H,7-8H2,1H3,(H,20,25)(H,21,24)(H,22,23,26). The minimum Gasteiger partial charge on any atom is -0.497 e. The summed E-state index contributed by atoms with van der Waals surface area (Å²) >= 11 is 1.24. The van der Waals surface area contributed by atoms with Crippen LogP contribution in [0.25, 0.3) is 0 Å².